The SMILES string of the molecule is Cn1c(NC(=O)C2CC3CCC2C3)cc(=O)n(C)c1=O. The number of carbonyl (C=O) groups excluding carboxylic acids is 1. The molecule has 6 nitrogen and oxygen atoms in total. The number of fused-ring (bicyclic) bond motifs is 2. The fourth-order valence-electron chi connectivity index (χ4n) is 3.64. The number of anilines is 1. The summed E-state index contributed by atoms with van der Waals surface area (Å²) < 4.78 is 2.32. The van der Waals surface area contributed by atoms with Crippen LogP contribution in [0.4, 0.5) is 5.82 Å². The van der Waals surface area contributed by atoms with Crippen LogP contribution in [0.2, 0.25) is 0 Å². The van der Waals surface area contributed by atoms with Crippen molar-refractivity contribution < 1.29 is 4.79 Å². The van der Waals surface area contributed by atoms with E-state index in [1.54, 1.807) is 7.05 Å². The van der Waals surface area contributed by atoms with E-state index in [2.05, 4.69) is 5.32 Å². The zero-order valence-corrected chi connectivity index (χ0v) is 11.8. The van der Waals surface area contributed by atoms with Gasteiger partial charge >= 0.3 is 5.69 Å². The van der Waals surface area contributed by atoms with Gasteiger partial charge in [-0.2, -0.15) is 0 Å². The van der Waals surface area contributed by atoms with Crippen LogP contribution in [0.15, 0.2) is 15.7 Å². The van der Waals surface area contributed by atoms with Crippen molar-refractivity contribution in [2.24, 2.45) is 31.8 Å². The highest BCUT2D eigenvalue weighted by Gasteiger charge is 2.43. The summed E-state index contributed by atoms with van der Waals surface area (Å²) in [6.45, 7) is 0. The second-order valence-corrected chi connectivity index (χ2v) is 6.04. The van der Waals surface area contributed by atoms with Gasteiger partial charge in [0.05, 0.1) is 0 Å². The summed E-state index contributed by atoms with van der Waals surface area (Å²) in [6.07, 6.45) is 4.44. The zero-order valence-electron chi connectivity index (χ0n) is 11.8. The van der Waals surface area contributed by atoms with E-state index in [9.17, 15) is 14.4 Å². The van der Waals surface area contributed by atoms with Crippen molar-refractivity contribution in [2.75, 3.05) is 5.32 Å². The Morgan fingerprint density at radius 2 is 1.95 bits per heavy atom. The number of nitrogens with one attached hydrogen (secondary N) is 1. The van der Waals surface area contributed by atoms with Crippen molar-refractivity contribution in [3.8, 4) is 0 Å². The summed E-state index contributed by atoms with van der Waals surface area (Å²) >= 11 is 0. The molecule has 0 aliphatic heterocycles. The maximum absolute atomic E-state index is 12.3. The highest BCUT2D eigenvalue weighted by atomic mass is 16.2. The Morgan fingerprint density at radius 3 is 2.55 bits per heavy atom. The first-order valence-corrected chi connectivity index (χ1v) is 7.05. The average Bonchev–Trinajstić information content (AvgIpc) is 3.05. The first-order valence-electron chi connectivity index (χ1n) is 7.05. The van der Waals surface area contributed by atoms with Crippen molar-refractivity contribution >= 4 is 11.7 Å². The number of carbonyl (C=O) groups is 1. The average molecular weight is 277 g/mol. The molecule has 6 heteroatoms. The molecule has 0 saturated heterocycles. The lowest BCUT2D eigenvalue weighted by Gasteiger charge is -2.21. The molecule has 108 valence electrons. The lowest BCUT2D eigenvalue weighted by atomic mass is 9.88. The first kappa shape index (κ1) is 13.1. The largest absolute Gasteiger partial charge is 0.332 e. The molecule has 3 atom stereocenters. The third kappa shape index (κ3) is 1.99. The summed E-state index contributed by atoms with van der Waals surface area (Å²) in [7, 11) is 2.98. The number of hydrogen-bond donors (Lipinski definition) is 1. The van der Waals surface area contributed by atoms with Crippen LogP contribution in [0, 0.1) is 17.8 Å². The maximum atomic E-state index is 12.3. The first-order chi connectivity index (χ1) is 9.47. The molecule has 0 spiro atoms. The van der Waals surface area contributed by atoms with Crippen LogP contribution in [0.5, 0.6) is 0 Å². The van der Waals surface area contributed by atoms with Crippen molar-refractivity contribution in [3.63, 3.8) is 0 Å². The van der Waals surface area contributed by atoms with Gasteiger partial charge in [0.25, 0.3) is 5.56 Å². The van der Waals surface area contributed by atoms with Crippen LogP contribution in [-0.4, -0.2) is 15.0 Å². The Morgan fingerprint density at radius 1 is 1.20 bits per heavy atom. The topological polar surface area (TPSA) is 73.1 Å². The molecule has 2 aliphatic rings. The highest BCUT2D eigenvalue weighted by Crippen LogP contribution is 2.48. The molecular formula is C14H19N3O3. The number of rotatable bonds is 2. The molecule has 3 unspecified atom stereocenters. The van der Waals surface area contributed by atoms with Crippen molar-refractivity contribution in [1.29, 1.82) is 0 Å². The molecule has 0 aromatic carbocycles. The summed E-state index contributed by atoms with van der Waals surface area (Å²) in [5.41, 5.74) is -0.836. The third-order valence-electron chi connectivity index (χ3n) is 4.85. The quantitative estimate of drug-likeness (QED) is 0.853. The molecule has 0 radical (unpaired) electrons. The molecule has 2 aliphatic carbocycles. The van der Waals surface area contributed by atoms with Crippen molar-refractivity contribution in [2.45, 2.75) is 25.7 Å². The molecule has 1 amide bonds. The van der Waals surface area contributed by atoms with Crippen LogP contribution >= 0.6 is 0 Å². The zero-order chi connectivity index (χ0) is 14.4. The van der Waals surface area contributed by atoms with E-state index in [-0.39, 0.29) is 17.6 Å². The predicted molar refractivity (Wildman–Crippen MR) is 74.5 cm³/mol. The molecular weight excluding hydrogens is 258 g/mol. The maximum Gasteiger partial charge on any atom is 0.332 e. The van der Waals surface area contributed by atoms with Gasteiger partial charge in [-0.1, -0.05) is 6.42 Å². The second-order valence-electron chi connectivity index (χ2n) is 6.04. The van der Waals surface area contributed by atoms with Gasteiger partial charge in [-0.05, 0) is 31.1 Å². The molecule has 1 N–H and O–H groups in total. The van der Waals surface area contributed by atoms with E-state index in [0.717, 1.165) is 23.8 Å². The Kier molecular flexibility index (Phi) is 3.03. The normalized spacial score (nSPS) is 27.8. The van der Waals surface area contributed by atoms with Crippen molar-refractivity contribution in [3.05, 3.63) is 26.9 Å². The second kappa shape index (κ2) is 4.61. The van der Waals surface area contributed by atoms with Gasteiger partial charge in [-0.3, -0.25) is 18.7 Å². The van der Waals surface area contributed by atoms with E-state index in [1.807, 2.05) is 0 Å². The van der Waals surface area contributed by atoms with Crippen molar-refractivity contribution in [1.82, 2.24) is 9.13 Å². The minimum absolute atomic E-state index is 0.0351. The number of amides is 1. The fourth-order valence-corrected chi connectivity index (χ4v) is 3.64. The van der Waals surface area contributed by atoms with E-state index in [1.165, 1.54) is 24.1 Å². The Balaban J connectivity index is 1.83. The number of aromatic nitrogens is 2. The lowest BCUT2D eigenvalue weighted by Crippen LogP contribution is -2.39. The summed E-state index contributed by atoms with van der Waals surface area (Å²) in [4.78, 5) is 35.8. The number of hydrogen-bond acceptors (Lipinski definition) is 3. The summed E-state index contributed by atoms with van der Waals surface area (Å²) in [5.74, 6) is 1.42. The van der Waals surface area contributed by atoms with Gasteiger partial charge in [-0.15, -0.1) is 0 Å². The molecule has 20 heavy (non-hydrogen) atoms. The van der Waals surface area contributed by atoms with Gasteiger partial charge in [0, 0.05) is 26.1 Å². The molecule has 2 fully saturated rings. The molecule has 1 aromatic rings. The van der Waals surface area contributed by atoms with Gasteiger partial charge in [0.15, 0.2) is 0 Å². The minimum Gasteiger partial charge on any atom is -0.312 e. The summed E-state index contributed by atoms with van der Waals surface area (Å²) in [5, 5.41) is 2.76. The van der Waals surface area contributed by atoms with Gasteiger partial charge in [0.1, 0.15) is 5.82 Å². The predicted octanol–water partition coefficient (Wildman–Crippen LogP) is 0.459. The van der Waals surface area contributed by atoms with Gasteiger partial charge in [0.2, 0.25) is 5.91 Å². The lowest BCUT2D eigenvalue weighted by molar-refractivity contribution is -0.121. The van der Waals surface area contributed by atoms with Crippen LogP contribution in [0.1, 0.15) is 25.7 Å². The van der Waals surface area contributed by atoms with Gasteiger partial charge in [-0.25, -0.2) is 4.79 Å². The standard InChI is InChI=1S/C14H19N3O3/c1-16-11(7-12(18)17(2)14(16)20)15-13(19)10-6-8-3-4-9(10)5-8/h7-10H,3-6H2,1-2H3,(H,15,19). The Labute approximate surface area is 116 Å². The van der Waals surface area contributed by atoms with Crippen LogP contribution in [0.25, 0.3) is 0 Å². The van der Waals surface area contributed by atoms with Crippen LogP contribution in [-0.2, 0) is 18.9 Å². The fraction of sp³-hybridized carbons (Fsp3) is 0.643. The molecule has 2 bridgehead atoms. The molecule has 2 saturated carbocycles. The monoisotopic (exact) mass is 277 g/mol. The van der Waals surface area contributed by atoms with E-state index >= 15 is 0 Å². The minimum atomic E-state index is -0.430. The Bertz CT molecular complexity index is 673. The molecule has 1 heterocycles. The number of nitrogens with zero attached hydrogens (tertiary/aromatic N) is 2. The highest BCUT2D eigenvalue weighted by molar-refractivity contribution is 5.92. The molecule has 1 aromatic heterocycles. The van der Waals surface area contributed by atoms with Crippen LogP contribution in [0.3, 0.4) is 0 Å². The smallest absolute Gasteiger partial charge is 0.312 e. The Hall–Kier alpha value is -1.85. The van der Waals surface area contributed by atoms with Gasteiger partial charge < -0.3 is 5.32 Å². The summed E-state index contributed by atoms with van der Waals surface area (Å²) in [6, 6.07) is 1.30. The molecule has 3 rings (SSSR count). The van der Waals surface area contributed by atoms with E-state index in [4.69, 9.17) is 0 Å². The third-order valence-corrected chi connectivity index (χ3v) is 4.85. The van der Waals surface area contributed by atoms with E-state index in [0.29, 0.717) is 11.8 Å². The van der Waals surface area contributed by atoms with E-state index < -0.39 is 11.2 Å². The van der Waals surface area contributed by atoms with Crippen LogP contribution < -0.4 is 16.6 Å².